The van der Waals surface area contributed by atoms with E-state index < -0.39 is 0 Å². The summed E-state index contributed by atoms with van der Waals surface area (Å²) in [5.74, 6) is 1.65. The summed E-state index contributed by atoms with van der Waals surface area (Å²) >= 11 is 5.17. The van der Waals surface area contributed by atoms with Crippen LogP contribution in [0.2, 0.25) is 0 Å². The average molecular weight is 346 g/mol. The highest BCUT2D eigenvalue weighted by molar-refractivity contribution is 9.10. The number of rotatable bonds is 4. The average Bonchev–Trinajstić information content (AvgIpc) is 2.96. The van der Waals surface area contributed by atoms with Crippen molar-refractivity contribution in [2.45, 2.75) is 10.9 Å². The van der Waals surface area contributed by atoms with Crippen LogP contribution in [0.15, 0.2) is 64.2 Å². The SMILES string of the molecule is Brc1ccccc1CSc1n[nH]c(-c2ccccc2)n1. The lowest BCUT2D eigenvalue weighted by molar-refractivity contribution is 0.973. The van der Waals surface area contributed by atoms with Gasteiger partial charge in [0.15, 0.2) is 5.82 Å². The molecule has 0 saturated heterocycles. The van der Waals surface area contributed by atoms with Crippen LogP contribution in [0.4, 0.5) is 0 Å². The minimum absolute atomic E-state index is 0.764. The molecule has 0 aliphatic carbocycles. The van der Waals surface area contributed by atoms with E-state index in [4.69, 9.17) is 0 Å². The van der Waals surface area contributed by atoms with Crippen molar-refractivity contribution in [3.8, 4) is 11.4 Å². The molecule has 2 aromatic carbocycles. The predicted octanol–water partition coefficient (Wildman–Crippen LogP) is 4.53. The summed E-state index contributed by atoms with van der Waals surface area (Å²) in [4.78, 5) is 4.51. The van der Waals surface area contributed by atoms with Crippen LogP contribution in [0.3, 0.4) is 0 Å². The summed E-state index contributed by atoms with van der Waals surface area (Å²) in [6, 6.07) is 18.2. The number of thioether (sulfide) groups is 1. The van der Waals surface area contributed by atoms with Gasteiger partial charge in [-0.25, -0.2) is 4.98 Å². The lowest BCUT2D eigenvalue weighted by Gasteiger charge is -2.00. The van der Waals surface area contributed by atoms with Gasteiger partial charge in [0.1, 0.15) is 0 Å². The lowest BCUT2D eigenvalue weighted by Crippen LogP contribution is -1.83. The predicted molar refractivity (Wildman–Crippen MR) is 85.5 cm³/mol. The number of hydrogen-bond donors (Lipinski definition) is 1. The standard InChI is InChI=1S/C15H12BrN3S/c16-13-9-5-4-8-12(13)10-20-15-17-14(18-19-15)11-6-2-1-3-7-11/h1-9H,10H2,(H,17,18,19). The molecule has 0 amide bonds. The Morgan fingerprint density at radius 1 is 1.00 bits per heavy atom. The normalized spacial score (nSPS) is 10.7. The Morgan fingerprint density at radius 2 is 1.75 bits per heavy atom. The summed E-state index contributed by atoms with van der Waals surface area (Å²) < 4.78 is 1.12. The molecule has 0 unspecified atom stereocenters. The van der Waals surface area contributed by atoms with Crippen LogP contribution in [0.25, 0.3) is 11.4 Å². The number of aromatic nitrogens is 3. The highest BCUT2D eigenvalue weighted by Gasteiger charge is 2.07. The van der Waals surface area contributed by atoms with Gasteiger partial charge in [-0.15, -0.1) is 5.10 Å². The molecule has 0 atom stereocenters. The fourth-order valence-corrected chi connectivity index (χ4v) is 3.21. The number of aromatic amines is 1. The van der Waals surface area contributed by atoms with E-state index in [0.29, 0.717) is 0 Å². The van der Waals surface area contributed by atoms with Crippen molar-refractivity contribution in [1.82, 2.24) is 15.2 Å². The Kier molecular flexibility index (Phi) is 4.18. The molecule has 3 aromatic rings. The maximum atomic E-state index is 4.51. The van der Waals surface area contributed by atoms with Gasteiger partial charge in [-0.05, 0) is 11.6 Å². The second-order valence-electron chi connectivity index (χ2n) is 4.21. The third kappa shape index (κ3) is 3.11. The number of nitrogens with zero attached hydrogens (tertiary/aromatic N) is 2. The minimum Gasteiger partial charge on any atom is -0.258 e. The van der Waals surface area contributed by atoms with Gasteiger partial charge < -0.3 is 0 Å². The van der Waals surface area contributed by atoms with Gasteiger partial charge in [-0.1, -0.05) is 76.2 Å². The van der Waals surface area contributed by atoms with E-state index in [1.165, 1.54) is 5.56 Å². The molecular weight excluding hydrogens is 334 g/mol. The first kappa shape index (κ1) is 13.4. The molecule has 0 fully saturated rings. The molecule has 3 rings (SSSR count). The molecule has 20 heavy (non-hydrogen) atoms. The molecule has 0 saturated carbocycles. The van der Waals surface area contributed by atoms with Gasteiger partial charge in [0.05, 0.1) is 0 Å². The molecule has 0 spiro atoms. The topological polar surface area (TPSA) is 41.6 Å². The van der Waals surface area contributed by atoms with Gasteiger partial charge >= 0.3 is 0 Å². The summed E-state index contributed by atoms with van der Waals surface area (Å²) in [7, 11) is 0. The van der Waals surface area contributed by atoms with E-state index in [1.807, 2.05) is 48.5 Å². The largest absolute Gasteiger partial charge is 0.258 e. The molecule has 1 aromatic heterocycles. The lowest BCUT2D eigenvalue weighted by atomic mass is 10.2. The zero-order valence-electron chi connectivity index (χ0n) is 10.6. The second kappa shape index (κ2) is 6.24. The van der Waals surface area contributed by atoms with E-state index in [9.17, 15) is 0 Å². The van der Waals surface area contributed by atoms with Gasteiger partial charge in [-0.2, -0.15) is 0 Å². The minimum atomic E-state index is 0.764. The van der Waals surface area contributed by atoms with Crippen LogP contribution in [0, 0.1) is 0 Å². The fraction of sp³-hybridized carbons (Fsp3) is 0.0667. The number of hydrogen-bond acceptors (Lipinski definition) is 3. The molecule has 100 valence electrons. The van der Waals surface area contributed by atoms with Crippen molar-refractivity contribution in [2.75, 3.05) is 0 Å². The Hall–Kier alpha value is -1.59. The summed E-state index contributed by atoms with van der Waals surface area (Å²) in [5.41, 5.74) is 2.29. The Bertz CT molecular complexity index is 697. The molecule has 1 N–H and O–H groups in total. The zero-order chi connectivity index (χ0) is 13.8. The van der Waals surface area contributed by atoms with Crippen LogP contribution in [0.5, 0.6) is 0 Å². The van der Waals surface area contributed by atoms with Gasteiger partial charge in [0, 0.05) is 15.8 Å². The molecule has 0 bridgehead atoms. The van der Waals surface area contributed by atoms with Crippen LogP contribution in [-0.2, 0) is 5.75 Å². The van der Waals surface area contributed by atoms with E-state index in [2.05, 4.69) is 37.2 Å². The van der Waals surface area contributed by atoms with Crippen LogP contribution >= 0.6 is 27.7 Å². The summed E-state index contributed by atoms with van der Waals surface area (Å²) in [5, 5.41) is 7.99. The Balaban J connectivity index is 1.71. The monoisotopic (exact) mass is 345 g/mol. The third-order valence-corrected chi connectivity index (χ3v) is 4.50. The maximum absolute atomic E-state index is 4.51. The smallest absolute Gasteiger partial charge is 0.209 e. The Morgan fingerprint density at radius 3 is 2.55 bits per heavy atom. The van der Waals surface area contributed by atoms with Crippen molar-refractivity contribution in [3.05, 3.63) is 64.6 Å². The maximum Gasteiger partial charge on any atom is 0.209 e. The third-order valence-electron chi connectivity index (χ3n) is 2.83. The summed E-state index contributed by atoms with van der Waals surface area (Å²) in [6.45, 7) is 0. The van der Waals surface area contributed by atoms with Crippen molar-refractivity contribution < 1.29 is 0 Å². The van der Waals surface area contributed by atoms with E-state index >= 15 is 0 Å². The van der Waals surface area contributed by atoms with E-state index in [-0.39, 0.29) is 0 Å². The van der Waals surface area contributed by atoms with Crippen LogP contribution in [-0.4, -0.2) is 15.2 Å². The van der Waals surface area contributed by atoms with E-state index in [0.717, 1.165) is 26.8 Å². The summed E-state index contributed by atoms with van der Waals surface area (Å²) in [6.07, 6.45) is 0. The Labute approximate surface area is 130 Å². The first-order chi connectivity index (χ1) is 9.83. The molecule has 0 aliphatic rings. The van der Waals surface area contributed by atoms with Crippen molar-refractivity contribution in [3.63, 3.8) is 0 Å². The second-order valence-corrected chi connectivity index (χ2v) is 6.01. The molecule has 0 aliphatic heterocycles. The first-order valence-electron chi connectivity index (χ1n) is 6.17. The van der Waals surface area contributed by atoms with E-state index in [1.54, 1.807) is 11.8 Å². The van der Waals surface area contributed by atoms with Crippen LogP contribution in [0.1, 0.15) is 5.56 Å². The van der Waals surface area contributed by atoms with Crippen molar-refractivity contribution in [1.29, 1.82) is 0 Å². The van der Waals surface area contributed by atoms with Gasteiger partial charge in [0.25, 0.3) is 0 Å². The first-order valence-corrected chi connectivity index (χ1v) is 7.95. The number of H-pyrrole nitrogens is 1. The molecular formula is C15H12BrN3S. The molecule has 5 heteroatoms. The molecule has 1 heterocycles. The highest BCUT2D eigenvalue weighted by Crippen LogP contribution is 2.25. The van der Waals surface area contributed by atoms with Gasteiger partial charge in [-0.3, -0.25) is 5.10 Å². The van der Waals surface area contributed by atoms with Gasteiger partial charge in [0.2, 0.25) is 5.16 Å². The van der Waals surface area contributed by atoms with Crippen molar-refractivity contribution >= 4 is 27.7 Å². The molecule has 0 radical (unpaired) electrons. The number of halogens is 1. The fourth-order valence-electron chi connectivity index (χ4n) is 1.79. The van der Waals surface area contributed by atoms with Crippen LogP contribution < -0.4 is 0 Å². The number of benzene rings is 2. The zero-order valence-corrected chi connectivity index (χ0v) is 13.0. The van der Waals surface area contributed by atoms with Crippen molar-refractivity contribution in [2.24, 2.45) is 0 Å². The highest BCUT2D eigenvalue weighted by atomic mass is 79.9. The molecule has 3 nitrogen and oxygen atoms in total. The number of nitrogens with one attached hydrogen (secondary N) is 1. The quantitative estimate of drug-likeness (QED) is 0.706.